The molecule has 1 aromatic heterocycles. The van der Waals surface area contributed by atoms with E-state index in [4.69, 9.17) is 39.7 Å². The van der Waals surface area contributed by atoms with E-state index in [9.17, 15) is 9.59 Å². The molecule has 0 fully saturated rings. The smallest absolute Gasteiger partial charge is 0.343 e. The van der Waals surface area contributed by atoms with Crippen LogP contribution in [0.5, 0.6) is 28.7 Å². The highest BCUT2D eigenvalue weighted by atomic mass is 35.5. The molecule has 176 valence electrons. The second-order valence-corrected chi connectivity index (χ2v) is 8.14. The number of carbonyl (C=O) groups is 1. The van der Waals surface area contributed by atoms with E-state index in [2.05, 4.69) is 5.32 Å². The van der Waals surface area contributed by atoms with Crippen molar-refractivity contribution in [3.8, 4) is 28.7 Å². The number of hydrogen-bond acceptors (Lipinski definition) is 8. The molecule has 3 aromatic rings. The number of carbonyl (C=O) groups excluding carboxylic acids is 1. The van der Waals surface area contributed by atoms with E-state index >= 15 is 0 Å². The fourth-order valence-electron chi connectivity index (χ4n) is 4.22. The molecule has 34 heavy (non-hydrogen) atoms. The summed E-state index contributed by atoms with van der Waals surface area (Å²) in [5.74, 6) is 0.630. The largest absolute Gasteiger partial charge is 0.493 e. The molecule has 5 rings (SSSR count). The molecule has 1 amide bonds. The Morgan fingerprint density at radius 3 is 2.53 bits per heavy atom. The Bertz CT molecular complexity index is 1330. The summed E-state index contributed by atoms with van der Waals surface area (Å²) in [5, 5.41) is 3.35. The molecular formula is C24H20ClNO8. The van der Waals surface area contributed by atoms with Crippen LogP contribution in [0.2, 0.25) is 5.02 Å². The van der Waals surface area contributed by atoms with Gasteiger partial charge in [-0.25, -0.2) is 4.79 Å². The molecule has 3 heterocycles. The Balaban J connectivity index is 1.65. The quantitative estimate of drug-likeness (QED) is 0.580. The zero-order chi connectivity index (χ0) is 24.0. The van der Waals surface area contributed by atoms with Gasteiger partial charge >= 0.3 is 5.63 Å². The van der Waals surface area contributed by atoms with E-state index in [0.717, 1.165) is 0 Å². The van der Waals surface area contributed by atoms with Crippen molar-refractivity contribution in [3.63, 3.8) is 0 Å². The molecule has 2 aliphatic rings. The molecule has 10 heteroatoms. The number of aryl methyl sites for hydroxylation is 1. The number of methoxy groups -OCH3 is 2. The maximum atomic E-state index is 13.4. The average Bonchev–Trinajstić information content (AvgIpc) is 3.44. The van der Waals surface area contributed by atoms with Gasteiger partial charge in [0.15, 0.2) is 17.6 Å². The van der Waals surface area contributed by atoms with E-state index in [0.29, 0.717) is 45.0 Å². The first-order valence-corrected chi connectivity index (χ1v) is 10.7. The average molecular weight is 486 g/mol. The summed E-state index contributed by atoms with van der Waals surface area (Å²) in [5.41, 5.74) is 0.558. The van der Waals surface area contributed by atoms with Crippen LogP contribution in [-0.2, 0) is 4.79 Å². The van der Waals surface area contributed by atoms with Crippen molar-refractivity contribution in [2.75, 3.05) is 26.3 Å². The van der Waals surface area contributed by atoms with Gasteiger partial charge in [0.2, 0.25) is 18.3 Å². The molecule has 0 saturated heterocycles. The summed E-state index contributed by atoms with van der Waals surface area (Å²) in [4.78, 5) is 26.4. The number of halogens is 1. The first-order chi connectivity index (χ1) is 16.4. The number of amides is 1. The molecule has 0 spiro atoms. The van der Waals surface area contributed by atoms with Gasteiger partial charge in [-0.05, 0) is 37.3 Å². The predicted molar refractivity (Wildman–Crippen MR) is 122 cm³/mol. The predicted octanol–water partition coefficient (Wildman–Crippen LogP) is 3.88. The Morgan fingerprint density at radius 1 is 1.09 bits per heavy atom. The molecule has 0 unspecified atom stereocenters. The first-order valence-electron chi connectivity index (χ1n) is 10.3. The van der Waals surface area contributed by atoms with Crippen LogP contribution >= 0.6 is 11.6 Å². The van der Waals surface area contributed by atoms with Gasteiger partial charge in [0.25, 0.3) is 5.91 Å². The number of benzene rings is 2. The molecule has 0 saturated carbocycles. The molecule has 0 radical (unpaired) electrons. The molecule has 2 atom stereocenters. The highest BCUT2D eigenvalue weighted by Crippen LogP contribution is 2.54. The summed E-state index contributed by atoms with van der Waals surface area (Å²) < 4.78 is 33.6. The Labute approximate surface area is 199 Å². The fraction of sp³-hybridized carbons (Fsp3) is 0.250. The topological polar surface area (TPSA) is 105 Å². The van der Waals surface area contributed by atoms with Crippen LogP contribution in [-0.4, -0.2) is 33.0 Å². The highest BCUT2D eigenvalue weighted by Gasteiger charge is 2.46. The summed E-state index contributed by atoms with van der Waals surface area (Å²) in [7, 11) is 2.94. The lowest BCUT2D eigenvalue weighted by Crippen LogP contribution is -2.35. The van der Waals surface area contributed by atoms with E-state index in [-0.39, 0.29) is 18.1 Å². The van der Waals surface area contributed by atoms with Crippen LogP contribution in [0.4, 0.5) is 5.69 Å². The van der Waals surface area contributed by atoms with Crippen LogP contribution in [0.3, 0.4) is 0 Å². The number of rotatable bonds is 5. The lowest BCUT2D eigenvalue weighted by molar-refractivity contribution is -0.122. The third-order valence-corrected chi connectivity index (χ3v) is 5.91. The Kier molecular flexibility index (Phi) is 5.49. The SMILES string of the molecule is COc1cc([C@H]2c3c(cc(C)oc3=O)O[C@@H]2C(=O)Nc2ccc(Cl)cc2)c(OC)c2c1OCO2. The van der Waals surface area contributed by atoms with Crippen LogP contribution in [0.25, 0.3) is 0 Å². The van der Waals surface area contributed by atoms with E-state index in [1.807, 2.05) is 0 Å². The molecule has 1 N–H and O–H groups in total. The minimum atomic E-state index is -1.12. The Morgan fingerprint density at radius 2 is 1.82 bits per heavy atom. The van der Waals surface area contributed by atoms with Crippen LogP contribution < -0.4 is 34.6 Å². The summed E-state index contributed by atoms with van der Waals surface area (Å²) >= 11 is 5.95. The molecule has 2 aromatic carbocycles. The minimum Gasteiger partial charge on any atom is -0.493 e. The standard InChI is InChI=1S/C24H20ClNO8/c1-11-8-15-18(24(28)33-11)17(21(34-15)23(27)26-13-6-4-12(25)5-7-13)14-9-16(29-2)20-22(19(14)30-3)32-10-31-20/h4-9,17,21H,10H2,1-3H3,(H,26,27)/t17-,21-/m0/s1. The van der Waals surface area contributed by atoms with Gasteiger partial charge in [-0.15, -0.1) is 0 Å². The van der Waals surface area contributed by atoms with Crippen LogP contribution in [0.1, 0.15) is 22.8 Å². The molecule has 0 aliphatic carbocycles. The third kappa shape index (κ3) is 3.58. The third-order valence-electron chi connectivity index (χ3n) is 5.66. The summed E-state index contributed by atoms with van der Waals surface area (Å²) in [6.45, 7) is 1.61. The van der Waals surface area contributed by atoms with Gasteiger partial charge < -0.3 is 33.4 Å². The number of nitrogens with one attached hydrogen (secondary N) is 1. The molecular weight excluding hydrogens is 466 g/mol. The lowest BCUT2D eigenvalue weighted by Gasteiger charge is -2.22. The van der Waals surface area contributed by atoms with Crippen molar-refractivity contribution in [2.24, 2.45) is 0 Å². The van der Waals surface area contributed by atoms with Crippen molar-refractivity contribution in [1.29, 1.82) is 0 Å². The first kappa shape index (κ1) is 22.0. The van der Waals surface area contributed by atoms with Crippen LogP contribution in [0, 0.1) is 6.92 Å². The highest BCUT2D eigenvalue weighted by molar-refractivity contribution is 6.30. The monoisotopic (exact) mass is 485 g/mol. The van der Waals surface area contributed by atoms with Crippen molar-refractivity contribution >= 4 is 23.2 Å². The van der Waals surface area contributed by atoms with Gasteiger partial charge in [0.1, 0.15) is 11.5 Å². The summed E-state index contributed by atoms with van der Waals surface area (Å²) in [6.07, 6.45) is -1.12. The number of anilines is 1. The fourth-order valence-corrected chi connectivity index (χ4v) is 4.35. The van der Waals surface area contributed by atoms with Gasteiger partial charge in [0, 0.05) is 22.3 Å². The van der Waals surface area contributed by atoms with Crippen molar-refractivity contribution in [1.82, 2.24) is 0 Å². The van der Waals surface area contributed by atoms with Gasteiger partial charge in [-0.2, -0.15) is 0 Å². The normalized spacial score (nSPS) is 17.6. The van der Waals surface area contributed by atoms with E-state index in [1.54, 1.807) is 43.3 Å². The van der Waals surface area contributed by atoms with Crippen LogP contribution in [0.15, 0.2) is 45.6 Å². The number of hydrogen-bond donors (Lipinski definition) is 1. The van der Waals surface area contributed by atoms with E-state index in [1.165, 1.54) is 14.2 Å². The maximum Gasteiger partial charge on any atom is 0.343 e. The van der Waals surface area contributed by atoms with Crippen molar-refractivity contribution in [3.05, 3.63) is 68.7 Å². The number of ether oxygens (including phenoxy) is 5. The molecule has 2 aliphatic heterocycles. The number of fused-ring (bicyclic) bond motifs is 2. The second-order valence-electron chi connectivity index (χ2n) is 7.70. The molecule has 0 bridgehead atoms. The summed E-state index contributed by atoms with van der Waals surface area (Å²) in [6, 6.07) is 9.87. The minimum absolute atomic E-state index is 0.0227. The van der Waals surface area contributed by atoms with Gasteiger partial charge in [-0.3, -0.25) is 4.79 Å². The molecule has 9 nitrogen and oxygen atoms in total. The zero-order valence-electron chi connectivity index (χ0n) is 18.5. The van der Waals surface area contributed by atoms with Gasteiger partial charge in [0.05, 0.1) is 25.7 Å². The Hall–Kier alpha value is -3.85. The lowest BCUT2D eigenvalue weighted by atomic mass is 9.87. The van der Waals surface area contributed by atoms with Crippen molar-refractivity contribution < 1.29 is 32.9 Å². The van der Waals surface area contributed by atoms with Crippen molar-refractivity contribution in [2.45, 2.75) is 18.9 Å². The maximum absolute atomic E-state index is 13.4. The van der Waals surface area contributed by atoms with E-state index < -0.39 is 23.6 Å². The second kappa shape index (κ2) is 8.49. The van der Waals surface area contributed by atoms with Gasteiger partial charge in [-0.1, -0.05) is 11.6 Å². The zero-order valence-corrected chi connectivity index (χ0v) is 19.2.